The van der Waals surface area contributed by atoms with E-state index in [1.807, 2.05) is 30.3 Å². The van der Waals surface area contributed by atoms with Crippen LogP contribution >= 0.6 is 11.8 Å². The molecule has 2 heterocycles. The number of benzene rings is 2. The molecule has 3 aromatic rings. The third-order valence-electron chi connectivity index (χ3n) is 7.28. The normalized spacial score (nSPS) is 16.0. The molecular weight excluding hydrogens is 613 g/mol. The fourth-order valence-electron chi connectivity index (χ4n) is 4.64. The summed E-state index contributed by atoms with van der Waals surface area (Å²) in [6.07, 6.45) is 0.886. The lowest BCUT2D eigenvalue weighted by molar-refractivity contribution is -0.131. The van der Waals surface area contributed by atoms with Gasteiger partial charge in [-0.25, -0.2) is 14.2 Å². The molecule has 4 rings (SSSR count). The Hall–Kier alpha value is -4.46. The van der Waals surface area contributed by atoms with Crippen LogP contribution in [0.1, 0.15) is 36.2 Å². The molecule has 1 aliphatic rings. The predicted molar refractivity (Wildman–Crippen MR) is 173 cm³/mol. The number of primary amides is 1. The van der Waals surface area contributed by atoms with Crippen LogP contribution in [0, 0.1) is 11.7 Å². The first-order chi connectivity index (χ1) is 21.8. The molecule has 0 radical (unpaired) electrons. The van der Waals surface area contributed by atoms with Gasteiger partial charge in [0.25, 0.3) is 0 Å². The van der Waals surface area contributed by atoms with Gasteiger partial charge in [-0.2, -0.15) is 0 Å². The number of pyridine rings is 1. The zero-order chi connectivity index (χ0) is 33.4. The summed E-state index contributed by atoms with van der Waals surface area (Å²) in [6, 6.07) is 18.7. The third kappa shape index (κ3) is 9.05. The van der Waals surface area contributed by atoms with E-state index in [0.29, 0.717) is 22.0 Å². The number of hydrogen-bond acceptors (Lipinski definition) is 9. The lowest BCUT2D eigenvalue weighted by Crippen LogP contribution is -2.42. The van der Waals surface area contributed by atoms with Gasteiger partial charge in [-0.15, -0.1) is 0 Å². The van der Waals surface area contributed by atoms with Crippen LogP contribution in [0.3, 0.4) is 0 Å². The number of aliphatic hydroxyl groups is 2. The van der Waals surface area contributed by atoms with Gasteiger partial charge < -0.3 is 30.9 Å². The fraction of sp³-hybridized carbons (Fsp3) is 0.333. The van der Waals surface area contributed by atoms with Gasteiger partial charge in [0.2, 0.25) is 11.8 Å². The summed E-state index contributed by atoms with van der Waals surface area (Å²) < 4.78 is 20.6. The minimum absolute atomic E-state index is 0.00961. The third-order valence-corrected chi connectivity index (χ3v) is 8.56. The Labute approximate surface area is 271 Å². The summed E-state index contributed by atoms with van der Waals surface area (Å²) in [5.41, 5.74) is 6.38. The van der Waals surface area contributed by atoms with Gasteiger partial charge in [0.05, 0.1) is 35.7 Å². The van der Waals surface area contributed by atoms with Crippen LogP contribution in [-0.4, -0.2) is 75.0 Å². The van der Waals surface area contributed by atoms with E-state index in [9.17, 15) is 24.6 Å². The molecule has 0 spiro atoms. The molecule has 1 aromatic heterocycles. The molecule has 0 aliphatic carbocycles. The van der Waals surface area contributed by atoms with Crippen LogP contribution in [0.15, 0.2) is 72.8 Å². The van der Waals surface area contributed by atoms with Crippen molar-refractivity contribution in [3.8, 4) is 0 Å². The number of nitrogens with zero attached hydrogens (tertiary/aromatic N) is 3. The summed E-state index contributed by atoms with van der Waals surface area (Å²) in [5, 5.41) is 22.1. The first-order valence-electron chi connectivity index (χ1n) is 14.6. The Balaban J connectivity index is 1.50. The van der Waals surface area contributed by atoms with Gasteiger partial charge in [-0.1, -0.05) is 66.4 Å². The van der Waals surface area contributed by atoms with Gasteiger partial charge in [0.15, 0.2) is 0 Å². The number of ether oxygens (including phenoxy) is 1. The van der Waals surface area contributed by atoms with E-state index in [1.54, 1.807) is 50.3 Å². The highest BCUT2D eigenvalue weighted by Gasteiger charge is 2.34. The number of aromatic nitrogens is 1. The first kappa shape index (κ1) is 34.4. The first-order valence-corrected chi connectivity index (χ1v) is 15.5. The molecular formula is C33H38FN5O6S. The minimum atomic E-state index is -1.22. The van der Waals surface area contributed by atoms with E-state index in [0.717, 1.165) is 5.56 Å². The van der Waals surface area contributed by atoms with Gasteiger partial charge in [-0.3, -0.25) is 14.5 Å². The summed E-state index contributed by atoms with van der Waals surface area (Å²) in [4.78, 5) is 45.9. The Morgan fingerprint density at radius 1 is 1.11 bits per heavy atom. The highest BCUT2D eigenvalue weighted by molar-refractivity contribution is 8.09. The molecule has 2 unspecified atom stereocenters. The number of rotatable bonds is 13. The van der Waals surface area contributed by atoms with Crippen LogP contribution in [0.5, 0.6) is 0 Å². The standard InChI is InChI=1S/C33H38FN5O6S/c1-33(2,44)22-12-13-24(26(34)16-22)27-17-25(30(35)42)31(46-27)37-28-11-7-10-23(36-28)18-39(19-29(41)38(3)14-15-40)32(43)45-20-21-8-5-4-6-9-21/h4-13,16-17,25,31,40,44H,14-15,18-20H2,1-3H3,(H2,35,42)(H,36,37). The number of nitrogens with one attached hydrogen (secondary N) is 1. The number of likely N-dealkylation sites (N-methyl/N-ethyl adjacent to an activating group) is 1. The van der Waals surface area contributed by atoms with Crippen LogP contribution < -0.4 is 11.1 Å². The quantitative estimate of drug-likeness (QED) is 0.216. The van der Waals surface area contributed by atoms with Crippen LogP contribution in [0.4, 0.5) is 15.0 Å². The number of amides is 3. The number of thioether (sulfide) groups is 1. The van der Waals surface area contributed by atoms with Crippen molar-refractivity contribution >= 4 is 40.4 Å². The van der Waals surface area contributed by atoms with E-state index in [2.05, 4.69) is 10.3 Å². The number of anilines is 1. The molecule has 5 N–H and O–H groups in total. The van der Waals surface area contributed by atoms with E-state index in [4.69, 9.17) is 10.5 Å². The molecule has 13 heteroatoms. The molecule has 46 heavy (non-hydrogen) atoms. The Bertz CT molecular complexity index is 1580. The van der Waals surface area contributed by atoms with Crippen molar-refractivity contribution in [1.82, 2.24) is 14.8 Å². The summed E-state index contributed by atoms with van der Waals surface area (Å²) in [6.45, 7) is 2.64. The molecule has 3 amide bonds. The zero-order valence-corrected chi connectivity index (χ0v) is 26.7. The predicted octanol–water partition coefficient (Wildman–Crippen LogP) is 3.67. The highest BCUT2D eigenvalue weighted by Crippen LogP contribution is 2.43. The van der Waals surface area contributed by atoms with Gasteiger partial charge in [0.1, 0.15) is 24.8 Å². The van der Waals surface area contributed by atoms with Crippen LogP contribution in [-0.2, 0) is 33.1 Å². The fourth-order valence-corrected chi connectivity index (χ4v) is 5.97. The van der Waals surface area contributed by atoms with Crippen molar-refractivity contribution < 1.29 is 33.7 Å². The molecule has 11 nitrogen and oxygen atoms in total. The smallest absolute Gasteiger partial charge is 0.410 e. The molecule has 0 saturated heterocycles. The molecule has 0 fully saturated rings. The maximum Gasteiger partial charge on any atom is 0.410 e. The molecule has 0 bridgehead atoms. The number of carbonyl (C=O) groups is 3. The van der Waals surface area contributed by atoms with Crippen molar-refractivity contribution in [3.05, 3.63) is 101 Å². The number of nitrogens with two attached hydrogens (primary N) is 1. The highest BCUT2D eigenvalue weighted by atomic mass is 32.2. The monoisotopic (exact) mass is 651 g/mol. The largest absolute Gasteiger partial charge is 0.445 e. The van der Waals surface area contributed by atoms with Gasteiger partial charge >= 0.3 is 6.09 Å². The van der Waals surface area contributed by atoms with Gasteiger partial charge in [0, 0.05) is 24.1 Å². The topological polar surface area (TPSA) is 158 Å². The van der Waals surface area contributed by atoms with E-state index >= 15 is 4.39 Å². The summed E-state index contributed by atoms with van der Waals surface area (Å²) in [5.74, 6) is -1.96. The van der Waals surface area contributed by atoms with Crippen molar-refractivity contribution in [2.75, 3.05) is 32.1 Å². The van der Waals surface area contributed by atoms with E-state index in [1.165, 1.54) is 34.7 Å². The van der Waals surface area contributed by atoms with Crippen molar-refractivity contribution in [2.45, 2.75) is 38.0 Å². The Morgan fingerprint density at radius 2 is 1.85 bits per heavy atom. The average molecular weight is 652 g/mol. The second-order valence-corrected chi connectivity index (χ2v) is 12.5. The molecule has 2 atom stereocenters. The van der Waals surface area contributed by atoms with Gasteiger partial charge in [-0.05, 0) is 43.2 Å². The lowest BCUT2D eigenvalue weighted by atomic mass is 9.96. The average Bonchev–Trinajstić information content (AvgIpc) is 3.43. The number of hydrogen-bond donors (Lipinski definition) is 4. The van der Waals surface area contributed by atoms with E-state index in [-0.39, 0.29) is 38.4 Å². The maximum atomic E-state index is 15.1. The second-order valence-electron chi connectivity index (χ2n) is 11.3. The number of aliphatic hydroxyl groups excluding tert-OH is 1. The maximum absolute atomic E-state index is 15.1. The molecule has 0 saturated carbocycles. The summed E-state index contributed by atoms with van der Waals surface area (Å²) >= 11 is 1.22. The SMILES string of the molecule is CN(CCO)C(=O)CN(Cc1cccc(NC2SC(c3ccc(C(C)(C)O)cc3F)=CC2C(N)=O)n1)C(=O)OCc1ccccc1. The van der Waals surface area contributed by atoms with Crippen molar-refractivity contribution in [2.24, 2.45) is 11.7 Å². The second kappa shape index (κ2) is 15.2. The molecule has 1 aliphatic heterocycles. The lowest BCUT2D eigenvalue weighted by Gasteiger charge is -2.25. The Morgan fingerprint density at radius 3 is 2.50 bits per heavy atom. The summed E-state index contributed by atoms with van der Waals surface area (Å²) in [7, 11) is 1.53. The van der Waals surface area contributed by atoms with E-state index < -0.39 is 40.6 Å². The number of carbonyl (C=O) groups excluding carboxylic acids is 3. The van der Waals surface area contributed by atoms with Crippen molar-refractivity contribution in [3.63, 3.8) is 0 Å². The Kier molecular flexibility index (Phi) is 11.4. The van der Waals surface area contributed by atoms with Crippen LogP contribution in [0.2, 0.25) is 0 Å². The number of halogens is 1. The minimum Gasteiger partial charge on any atom is -0.445 e. The molecule has 244 valence electrons. The van der Waals surface area contributed by atoms with Crippen molar-refractivity contribution in [1.29, 1.82) is 0 Å². The zero-order valence-electron chi connectivity index (χ0n) is 25.9. The molecule has 2 aromatic carbocycles. The van der Waals surface area contributed by atoms with Crippen LogP contribution in [0.25, 0.3) is 4.91 Å².